The fraction of sp³-hybridized carbons (Fsp3) is 0.324. The molecule has 0 saturated heterocycles. The van der Waals surface area contributed by atoms with E-state index in [1.54, 1.807) is 18.3 Å². The van der Waals surface area contributed by atoms with Gasteiger partial charge < -0.3 is 19.6 Å². The number of carboxylic acid groups (broad SMARTS) is 1. The first kappa shape index (κ1) is 32.6. The second-order valence-corrected chi connectivity index (χ2v) is 13.1. The molecule has 0 aliphatic heterocycles. The molecule has 0 bridgehead atoms. The van der Waals surface area contributed by atoms with Crippen LogP contribution in [-0.4, -0.2) is 48.4 Å². The van der Waals surface area contributed by atoms with Crippen molar-refractivity contribution < 1.29 is 32.3 Å². The number of carbonyl (C=O) groups is 2. The van der Waals surface area contributed by atoms with Crippen LogP contribution in [0, 0.1) is 6.92 Å². The van der Waals surface area contributed by atoms with E-state index in [1.807, 2.05) is 67.6 Å². The Hall–Kier alpha value is -4.28. The van der Waals surface area contributed by atoms with Crippen molar-refractivity contribution in [3.63, 3.8) is 0 Å². The molecule has 0 aliphatic carbocycles. The van der Waals surface area contributed by atoms with Crippen LogP contribution >= 0.6 is 0 Å². The van der Waals surface area contributed by atoms with Crippen LogP contribution in [0.2, 0.25) is 0 Å². The van der Waals surface area contributed by atoms with Crippen LogP contribution in [0.25, 0.3) is 22.6 Å². The van der Waals surface area contributed by atoms with Crippen LogP contribution in [0.15, 0.2) is 83.4 Å². The number of aryl methyl sites for hydroxylation is 1. The van der Waals surface area contributed by atoms with Crippen molar-refractivity contribution in [1.29, 1.82) is 0 Å². The predicted octanol–water partition coefficient (Wildman–Crippen LogP) is 6.38. The van der Waals surface area contributed by atoms with Crippen molar-refractivity contribution in [3.05, 3.63) is 101 Å². The highest BCUT2D eigenvalue weighted by molar-refractivity contribution is 7.90. The molecule has 2 N–H and O–H groups in total. The van der Waals surface area contributed by atoms with Crippen molar-refractivity contribution in [2.24, 2.45) is 0 Å². The zero-order valence-electron chi connectivity index (χ0n) is 25.2. The second kappa shape index (κ2) is 14.9. The number of oxazole rings is 1. The van der Waals surface area contributed by atoms with Crippen molar-refractivity contribution in [2.45, 2.75) is 58.3 Å². The van der Waals surface area contributed by atoms with Gasteiger partial charge in [-0.1, -0.05) is 68.3 Å². The van der Waals surface area contributed by atoms with E-state index in [4.69, 9.17) is 9.15 Å². The maximum Gasteiger partial charge on any atom is 0.326 e. The lowest BCUT2D eigenvalue weighted by atomic mass is 9.93. The Morgan fingerprint density at radius 2 is 1.73 bits per heavy atom. The van der Waals surface area contributed by atoms with Gasteiger partial charge >= 0.3 is 5.97 Å². The molecule has 44 heavy (non-hydrogen) atoms. The first-order valence-corrected chi connectivity index (χ1v) is 16.6. The van der Waals surface area contributed by atoms with E-state index in [0.717, 1.165) is 47.8 Å². The number of sulfone groups is 1. The largest absolute Gasteiger partial charge is 0.480 e. The summed E-state index contributed by atoms with van der Waals surface area (Å²) in [6, 6.07) is 21.2. The maximum atomic E-state index is 13.4. The van der Waals surface area contributed by atoms with Crippen molar-refractivity contribution >= 4 is 21.7 Å². The monoisotopic (exact) mass is 618 g/mol. The van der Waals surface area contributed by atoms with Crippen molar-refractivity contribution in [3.8, 4) is 22.6 Å². The highest BCUT2D eigenvalue weighted by Crippen LogP contribution is 2.32. The Morgan fingerprint density at radius 3 is 2.41 bits per heavy atom. The average molecular weight is 619 g/mol. The van der Waals surface area contributed by atoms with Crippen LogP contribution in [-0.2, 0) is 26.0 Å². The number of carbonyl (C=O) groups excluding carboxylic acids is 1. The highest BCUT2D eigenvalue weighted by atomic mass is 32.2. The van der Waals surface area contributed by atoms with Gasteiger partial charge in [0.05, 0.1) is 18.6 Å². The molecule has 0 fully saturated rings. The summed E-state index contributed by atoms with van der Waals surface area (Å²) in [5.41, 5.74) is 4.33. The molecule has 9 nitrogen and oxygen atoms in total. The number of rotatable bonds is 15. The summed E-state index contributed by atoms with van der Waals surface area (Å²) in [5.74, 6) is -1.10. The van der Waals surface area contributed by atoms with Crippen molar-refractivity contribution in [1.82, 2.24) is 10.3 Å². The van der Waals surface area contributed by atoms with Crippen LogP contribution in [0.5, 0.6) is 0 Å². The van der Waals surface area contributed by atoms with E-state index in [0.29, 0.717) is 17.2 Å². The van der Waals surface area contributed by atoms with E-state index in [-0.39, 0.29) is 30.4 Å². The summed E-state index contributed by atoms with van der Waals surface area (Å²) >= 11 is 0. The van der Waals surface area contributed by atoms with Gasteiger partial charge in [0, 0.05) is 17.4 Å². The third-order valence-electron chi connectivity index (χ3n) is 7.28. The summed E-state index contributed by atoms with van der Waals surface area (Å²) in [5, 5.41) is 12.2. The van der Waals surface area contributed by atoms with E-state index < -0.39 is 27.8 Å². The Bertz CT molecular complexity index is 1680. The third kappa shape index (κ3) is 8.87. The van der Waals surface area contributed by atoms with E-state index in [2.05, 4.69) is 17.2 Å². The van der Waals surface area contributed by atoms with Crippen molar-refractivity contribution in [2.75, 3.05) is 12.0 Å². The topological polar surface area (TPSA) is 136 Å². The standard InChI is InChI=1S/C34H38N2O7S/c1-4-5-15-30(31-21-35-33(43-31)25-12-7-6-8-13-25)42-22-24-16-17-27(28(20-24)26-14-10-9-11-23(26)2)32(37)36-29(34(38)39)18-19-44(3,40)41/h6-14,16-17,20-21,29-30H,4-5,15,18-19,22H2,1-3H3,(H,36,37)(H,38,39)/t29-,30+/m0/s1. The number of carboxylic acids is 1. The Morgan fingerprint density at radius 1 is 1.00 bits per heavy atom. The lowest BCUT2D eigenvalue weighted by molar-refractivity contribution is -0.139. The number of aromatic nitrogens is 1. The fourth-order valence-corrected chi connectivity index (χ4v) is 5.51. The van der Waals surface area contributed by atoms with Gasteiger partial charge in [-0.15, -0.1) is 0 Å². The number of unbranched alkanes of at least 4 members (excludes halogenated alkanes) is 1. The quantitative estimate of drug-likeness (QED) is 0.157. The molecule has 1 heterocycles. The minimum absolute atomic E-state index is 0.238. The summed E-state index contributed by atoms with van der Waals surface area (Å²) in [4.78, 5) is 29.7. The lowest BCUT2D eigenvalue weighted by Crippen LogP contribution is -2.42. The van der Waals surface area contributed by atoms with Gasteiger partial charge in [-0.2, -0.15) is 0 Å². The zero-order chi connectivity index (χ0) is 31.7. The number of hydrogen-bond donors (Lipinski definition) is 2. The second-order valence-electron chi connectivity index (χ2n) is 10.9. The van der Waals surface area contributed by atoms with E-state index in [1.165, 1.54) is 0 Å². The Balaban J connectivity index is 1.59. The molecular weight excluding hydrogens is 580 g/mol. The smallest absolute Gasteiger partial charge is 0.326 e. The molecule has 10 heteroatoms. The van der Waals surface area contributed by atoms with Crippen LogP contribution in [0.3, 0.4) is 0 Å². The molecule has 0 spiro atoms. The summed E-state index contributed by atoms with van der Waals surface area (Å²) in [6.07, 6.45) is 4.84. The maximum absolute atomic E-state index is 13.4. The zero-order valence-corrected chi connectivity index (χ0v) is 26.0. The van der Waals surface area contributed by atoms with Gasteiger partial charge in [-0.25, -0.2) is 18.2 Å². The molecule has 0 aliphatic rings. The van der Waals surface area contributed by atoms with Gasteiger partial charge in [0.2, 0.25) is 5.89 Å². The summed E-state index contributed by atoms with van der Waals surface area (Å²) in [7, 11) is -3.41. The van der Waals surface area contributed by atoms with Gasteiger partial charge in [0.25, 0.3) is 5.91 Å². The first-order valence-electron chi connectivity index (χ1n) is 14.6. The third-order valence-corrected chi connectivity index (χ3v) is 8.25. The molecule has 0 unspecified atom stereocenters. The minimum atomic E-state index is -3.41. The predicted molar refractivity (Wildman–Crippen MR) is 169 cm³/mol. The molecule has 4 rings (SSSR count). The molecule has 3 aromatic carbocycles. The lowest BCUT2D eigenvalue weighted by Gasteiger charge is -2.19. The molecule has 0 saturated carbocycles. The molecule has 1 amide bonds. The Labute approximate surface area is 258 Å². The van der Waals surface area contributed by atoms with Gasteiger partial charge in [0.1, 0.15) is 22.0 Å². The van der Waals surface area contributed by atoms with Crippen LogP contribution in [0.4, 0.5) is 0 Å². The molecule has 2 atom stereocenters. The molecule has 4 aromatic rings. The summed E-state index contributed by atoms with van der Waals surface area (Å²) < 4.78 is 35.7. The van der Waals surface area contributed by atoms with Gasteiger partial charge in [-0.05, 0) is 66.3 Å². The number of hydrogen-bond acceptors (Lipinski definition) is 7. The average Bonchev–Trinajstić information content (AvgIpc) is 3.49. The SMILES string of the molecule is CCCC[C@@H](OCc1ccc(C(=O)N[C@@H](CCS(C)(=O)=O)C(=O)O)c(-c2ccccc2C)c1)c1cnc(-c2ccccc2)o1. The minimum Gasteiger partial charge on any atom is -0.480 e. The summed E-state index contributed by atoms with van der Waals surface area (Å²) in [6.45, 7) is 4.28. The molecular formula is C34H38N2O7S. The fourth-order valence-electron chi connectivity index (χ4n) is 4.85. The van der Waals surface area contributed by atoms with Crippen LogP contribution < -0.4 is 5.32 Å². The van der Waals surface area contributed by atoms with E-state index in [9.17, 15) is 23.1 Å². The number of benzene rings is 3. The normalized spacial score (nSPS) is 12.9. The van der Waals surface area contributed by atoms with Gasteiger partial charge in [0.15, 0.2) is 5.76 Å². The number of ether oxygens (including phenoxy) is 1. The van der Waals surface area contributed by atoms with E-state index >= 15 is 0 Å². The molecule has 232 valence electrons. The van der Waals surface area contributed by atoms with Gasteiger partial charge in [-0.3, -0.25) is 4.79 Å². The molecule has 1 aromatic heterocycles. The number of nitrogens with zero attached hydrogens (tertiary/aromatic N) is 1. The van der Waals surface area contributed by atoms with Crippen LogP contribution in [0.1, 0.15) is 66.0 Å². The molecule has 0 radical (unpaired) electrons. The number of amides is 1. The number of nitrogens with one attached hydrogen (secondary N) is 1. The number of aliphatic carboxylic acids is 1. The highest BCUT2D eigenvalue weighted by Gasteiger charge is 2.25. The Kier molecular flexibility index (Phi) is 11.1. The first-order chi connectivity index (χ1) is 21.1.